The third-order valence-electron chi connectivity index (χ3n) is 5.72. The van der Waals surface area contributed by atoms with Crippen LogP contribution in [0.3, 0.4) is 0 Å². The lowest BCUT2D eigenvalue weighted by atomic mass is 9.98. The molecule has 2 aromatic rings. The number of hydrogen-bond acceptors (Lipinski definition) is 6. The van der Waals surface area contributed by atoms with Crippen molar-refractivity contribution < 1.29 is 28.5 Å². The van der Waals surface area contributed by atoms with Crippen LogP contribution in [0.5, 0.6) is 11.5 Å². The molecule has 2 amide bonds. The van der Waals surface area contributed by atoms with Gasteiger partial charge in [-0.05, 0) is 35.9 Å². The van der Waals surface area contributed by atoms with Crippen LogP contribution in [0.25, 0.3) is 0 Å². The van der Waals surface area contributed by atoms with Crippen LogP contribution in [-0.2, 0) is 26.5 Å². The van der Waals surface area contributed by atoms with Crippen molar-refractivity contribution in [2.24, 2.45) is 0 Å². The maximum absolute atomic E-state index is 12.6. The molecule has 156 valence electrons. The molecule has 0 unspecified atom stereocenters. The number of benzene rings is 2. The first-order valence-electron chi connectivity index (χ1n) is 9.91. The molecule has 0 aliphatic carbocycles. The normalized spacial score (nSPS) is 18.6. The highest BCUT2D eigenvalue weighted by Crippen LogP contribution is 2.38. The molecule has 1 N–H and O–H groups in total. The summed E-state index contributed by atoms with van der Waals surface area (Å²) in [5.41, 5.74) is 3.23. The van der Waals surface area contributed by atoms with Gasteiger partial charge in [0.15, 0.2) is 17.3 Å². The van der Waals surface area contributed by atoms with Gasteiger partial charge in [-0.1, -0.05) is 6.07 Å². The standard InChI is InChI=1S/C22H22N2O6/c1-24-17-4-3-16(10-15(17)12-20(24)25)22(29-8-9-30-22)6-7-23-21(26)14-2-5-18-19(11-14)28-13-27-18/h2-5,10-11H,6-9,12-13H2,1H3,(H,23,26). The van der Waals surface area contributed by atoms with E-state index in [1.165, 1.54) is 0 Å². The van der Waals surface area contributed by atoms with E-state index in [2.05, 4.69) is 5.32 Å². The Morgan fingerprint density at radius 1 is 1.10 bits per heavy atom. The largest absolute Gasteiger partial charge is 0.454 e. The molecule has 0 atom stereocenters. The Labute approximate surface area is 173 Å². The minimum Gasteiger partial charge on any atom is -0.454 e. The number of carbonyl (C=O) groups is 2. The zero-order valence-electron chi connectivity index (χ0n) is 16.6. The number of amides is 2. The number of carbonyl (C=O) groups excluding carboxylic acids is 2. The van der Waals surface area contributed by atoms with Crippen LogP contribution in [0, 0.1) is 0 Å². The Hall–Kier alpha value is -3.10. The molecule has 0 spiro atoms. The summed E-state index contributed by atoms with van der Waals surface area (Å²) in [6, 6.07) is 10.9. The molecule has 5 rings (SSSR count). The maximum Gasteiger partial charge on any atom is 0.251 e. The molecule has 8 heteroatoms. The highest BCUT2D eigenvalue weighted by molar-refractivity contribution is 6.01. The second-order valence-electron chi connectivity index (χ2n) is 7.50. The Kier molecular flexibility index (Phi) is 4.60. The van der Waals surface area contributed by atoms with E-state index in [-0.39, 0.29) is 18.6 Å². The molecule has 8 nitrogen and oxygen atoms in total. The molecule has 30 heavy (non-hydrogen) atoms. The van der Waals surface area contributed by atoms with Gasteiger partial charge < -0.3 is 29.2 Å². The minimum atomic E-state index is -0.929. The Balaban J connectivity index is 1.28. The SMILES string of the molecule is CN1C(=O)Cc2cc(C3(CCNC(=O)c4ccc5c(c4)OCO5)OCCO3)ccc21. The van der Waals surface area contributed by atoms with Gasteiger partial charge in [-0.25, -0.2) is 0 Å². The van der Waals surface area contributed by atoms with Crippen molar-refractivity contribution in [3.8, 4) is 11.5 Å². The predicted molar refractivity (Wildman–Crippen MR) is 107 cm³/mol. The molecular formula is C22H22N2O6. The predicted octanol–water partition coefficient (Wildman–Crippen LogP) is 1.95. The Bertz CT molecular complexity index is 1010. The van der Waals surface area contributed by atoms with Crippen molar-refractivity contribution in [3.63, 3.8) is 0 Å². The number of nitrogens with zero attached hydrogens (tertiary/aromatic N) is 1. The summed E-state index contributed by atoms with van der Waals surface area (Å²) in [6.45, 7) is 1.49. The summed E-state index contributed by atoms with van der Waals surface area (Å²) in [5.74, 6) is 0.141. The third kappa shape index (κ3) is 3.18. The molecule has 1 saturated heterocycles. The van der Waals surface area contributed by atoms with E-state index in [0.717, 1.165) is 16.8 Å². The fourth-order valence-corrected chi connectivity index (χ4v) is 4.10. The van der Waals surface area contributed by atoms with Gasteiger partial charge >= 0.3 is 0 Å². The maximum atomic E-state index is 12.6. The van der Waals surface area contributed by atoms with E-state index < -0.39 is 5.79 Å². The van der Waals surface area contributed by atoms with Crippen molar-refractivity contribution in [1.82, 2.24) is 5.32 Å². The molecule has 3 aliphatic rings. The molecule has 3 aliphatic heterocycles. The highest BCUT2D eigenvalue weighted by atomic mass is 16.7. The smallest absolute Gasteiger partial charge is 0.251 e. The summed E-state index contributed by atoms with van der Waals surface area (Å²) >= 11 is 0. The lowest BCUT2D eigenvalue weighted by molar-refractivity contribution is -0.169. The zero-order valence-corrected chi connectivity index (χ0v) is 16.6. The molecule has 1 fully saturated rings. The number of fused-ring (bicyclic) bond motifs is 2. The Morgan fingerprint density at radius 2 is 1.90 bits per heavy atom. The molecule has 3 heterocycles. The number of likely N-dealkylation sites (N-methyl/N-ethyl adjacent to an activating group) is 1. The van der Waals surface area contributed by atoms with Gasteiger partial charge in [0.25, 0.3) is 5.91 Å². The molecule has 2 aromatic carbocycles. The van der Waals surface area contributed by atoms with Crippen molar-refractivity contribution >= 4 is 17.5 Å². The first-order valence-corrected chi connectivity index (χ1v) is 9.91. The number of ether oxygens (including phenoxy) is 4. The van der Waals surface area contributed by atoms with Gasteiger partial charge in [0.1, 0.15) is 0 Å². The summed E-state index contributed by atoms with van der Waals surface area (Å²) in [4.78, 5) is 26.2. The first kappa shape index (κ1) is 18.9. The van der Waals surface area contributed by atoms with Crippen LogP contribution >= 0.6 is 0 Å². The molecule has 0 aromatic heterocycles. The molecule has 0 bridgehead atoms. The molecule has 0 saturated carbocycles. The van der Waals surface area contributed by atoms with Crippen molar-refractivity contribution in [2.45, 2.75) is 18.6 Å². The fraction of sp³-hybridized carbons (Fsp3) is 0.364. The first-order chi connectivity index (χ1) is 14.6. The summed E-state index contributed by atoms with van der Waals surface area (Å²) in [5, 5.41) is 2.92. The van der Waals surface area contributed by atoms with Gasteiger partial charge in [0.05, 0.1) is 19.6 Å². The van der Waals surface area contributed by atoms with Gasteiger partial charge in [0.2, 0.25) is 12.7 Å². The van der Waals surface area contributed by atoms with Crippen LogP contribution in [0.1, 0.15) is 27.9 Å². The van der Waals surface area contributed by atoms with E-state index in [0.29, 0.717) is 49.7 Å². The second-order valence-corrected chi connectivity index (χ2v) is 7.50. The summed E-state index contributed by atoms with van der Waals surface area (Å²) < 4.78 is 22.6. The van der Waals surface area contributed by atoms with Crippen molar-refractivity contribution in [2.75, 3.05) is 38.5 Å². The topological polar surface area (TPSA) is 86.3 Å². The fourth-order valence-electron chi connectivity index (χ4n) is 4.10. The van der Waals surface area contributed by atoms with E-state index >= 15 is 0 Å². The van der Waals surface area contributed by atoms with Gasteiger partial charge in [0, 0.05) is 36.8 Å². The monoisotopic (exact) mass is 410 g/mol. The van der Waals surface area contributed by atoms with Gasteiger partial charge in [-0.15, -0.1) is 0 Å². The van der Waals surface area contributed by atoms with Gasteiger partial charge in [-0.2, -0.15) is 0 Å². The van der Waals surface area contributed by atoms with Crippen LogP contribution < -0.4 is 19.7 Å². The third-order valence-corrected chi connectivity index (χ3v) is 5.72. The van der Waals surface area contributed by atoms with Crippen LogP contribution in [0.2, 0.25) is 0 Å². The van der Waals surface area contributed by atoms with E-state index in [9.17, 15) is 9.59 Å². The number of anilines is 1. The second kappa shape index (κ2) is 7.30. The lowest BCUT2D eigenvalue weighted by Gasteiger charge is -2.28. The Morgan fingerprint density at radius 3 is 2.73 bits per heavy atom. The highest BCUT2D eigenvalue weighted by Gasteiger charge is 2.39. The molecular weight excluding hydrogens is 388 g/mol. The number of nitrogens with one attached hydrogen (secondary N) is 1. The van der Waals surface area contributed by atoms with Crippen LogP contribution in [-0.4, -0.2) is 45.4 Å². The van der Waals surface area contributed by atoms with Crippen LogP contribution in [0.4, 0.5) is 5.69 Å². The van der Waals surface area contributed by atoms with E-state index in [1.54, 1.807) is 30.1 Å². The van der Waals surface area contributed by atoms with Crippen LogP contribution in [0.15, 0.2) is 36.4 Å². The number of rotatable bonds is 5. The quantitative estimate of drug-likeness (QED) is 0.811. The van der Waals surface area contributed by atoms with Crippen molar-refractivity contribution in [1.29, 1.82) is 0 Å². The lowest BCUT2D eigenvalue weighted by Crippen LogP contribution is -2.34. The average Bonchev–Trinajstić information content (AvgIpc) is 3.47. The zero-order chi connectivity index (χ0) is 20.7. The van der Waals surface area contributed by atoms with E-state index in [4.69, 9.17) is 18.9 Å². The minimum absolute atomic E-state index is 0.0699. The average molecular weight is 410 g/mol. The number of hydrogen-bond donors (Lipinski definition) is 1. The molecule has 0 radical (unpaired) electrons. The van der Waals surface area contributed by atoms with E-state index in [1.807, 2.05) is 18.2 Å². The summed E-state index contributed by atoms with van der Waals surface area (Å²) in [7, 11) is 1.78. The van der Waals surface area contributed by atoms with Gasteiger partial charge in [-0.3, -0.25) is 9.59 Å². The van der Waals surface area contributed by atoms with Crippen molar-refractivity contribution in [3.05, 3.63) is 53.1 Å². The summed E-state index contributed by atoms with van der Waals surface area (Å²) in [6.07, 6.45) is 0.822.